The van der Waals surface area contributed by atoms with Crippen molar-refractivity contribution in [3.05, 3.63) is 59.7 Å². The number of carboxylic acid groups (broad SMARTS) is 1. The van der Waals surface area contributed by atoms with Gasteiger partial charge in [0.2, 0.25) is 0 Å². The van der Waals surface area contributed by atoms with Gasteiger partial charge in [0.15, 0.2) is 0 Å². The van der Waals surface area contributed by atoms with E-state index in [1.807, 2.05) is 26.1 Å². The van der Waals surface area contributed by atoms with Crippen molar-refractivity contribution in [2.24, 2.45) is 5.41 Å². The van der Waals surface area contributed by atoms with Gasteiger partial charge in [-0.3, -0.25) is 0 Å². The Morgan fingerprint density at radius 1 is 1.23 bits per heavy atom. The molecule has 1 aliphatic heterocycles. The molecule has 1 aliphatic rings. The molecule has 5 rings (SSSR count). The van der Waals surface area contributed by atoms with Crippen LogP contribution in [0.4, 0.5) is 0 Å². The number of carboxylic acids is 1. The third-order valence-electron chi connectivity index (χ3n) is 5.91. The molecule has 7 heteroatoms. The molecule has 0 bridgehead atoms. The number of aromatic carboxylic acids is 1. The first-order valence-corrected chi connectivity index (χ1v) is 10.2. The largest absolute Gasteiger partial charge is 0.478 e. The van der Waals surface area contributed by atoms with Crippen LogP contribution in [0.3, 0.4) is 0 Å². The lowest BCUT2D eigenvalue weighted by Crippen LogP contribution is -2.43. The quantitative estimate of drug-likeness (QED) is 0.506. The Morgan fingerprint density at radius 3 is 2.68 bits per heavy atom. The molecule has 158 valence electrons. The highest BCUT2D eigenvalue weighted by Gasteiger charge is 2.34. The predicted molar refractivity (Wildman–Crippen MR) is 116 cm³/mol. The molecule has 0 spiro atoms. The van der Waals surface area contributed by atoms with Gasteiger partial charge in [0, 0.05) is 46.4 Å². The Hall–Kier alpha value is -3.45. The van der Waals surface area contributed by atoms with E-state index < -0.39 is 5.97 Å². The Bertz CT molecular complexity index is 1290. The van der Waals surface area contributed by atoms with Gasteiger partial charge in [0.1, 0.15) is 11.4 Å². The summed E-state index contributed by atoms with van der Waals surface area (Å²) in [6, 6.07) is 9.11. The number of pyridine rings is 1. The number of carbonyl (C=O) groups is 1. The molecule has 1 fully saturated rings. The second kappa shape index (κ2) is 7.06. The van der Waals surface area contributed by atoms with Crippen LogP contribution in [-0.4, -0.2) is 39.0 Å². The summed E-state index contributed by atoms with van der Waals surface area (Å²) in [7, 11) is 0. The Labute approximate surface area is 179 Å². The van der Waals surface area contributed by atoms with Crippen LogP contribution < -0.4 is 0 Å². The molecule has 4 heterocycles. The zero-order chi connectivity index (χ0) is 21.8. The highest BCUT2D eigenvalue weighted by molar-refractivity contribution is 5.98. The number of aromatic nitrogens is 3. The Kier molecular flexibility index (Phi) is 4.44. The molecule has 0 radical (unpaired) electrons. The minimum Gasteiger partial charge on any atom is -0.478 e. The fourth-order valence-electron chi connectivity index (χ4n) is 4.33. The lowest BCUT2D eigenvalue weighted by atomic mass is 9.89. The number of benzene rings is 1. The lowest BCUT2D eigenvalue weighted by molar-refractivity contribution is -0.109. The third kappa shape index (κ3) is 3.31. The first kappa shape index (κ1) is 19.5. The van der Waals surface area contributed by atoms with Crippen LogP contribution in [0.1, 0.15) is 28.7 Å². The van der Waals surface area contributed by atoms with Gasteiger partial charge < -0.3 is 18.9 Å². The van der Waals surface area contributed by atoms with E-state index in [0.717, 1.165) is 51.3 Å². The molecule has 7 nitrogen and oxygen atoms in total. The summed E-state index contributed by atoms with van der Waals surface area (Å²) in [5, 5.41) is 14.5. The highest BCUT2D eigenvalue weighted by Crippen LogP contribution is 2.37. The SMILES string of the molecule is Cc1noc(C)c1-c1cnc2c(c1)c(-c1cccc(C(=O)O)c1)cn2CC1(C)COC1. The fourth-order valence-corrected chi connectivity index (χ4v) is 4.33. The van der Waals surface area contributed by atoms with Crippen LogP contribution in [0.5, 0.6) is 0 Å². The normalized spacial score (nSPS) is 15.2. The topological polar surface area (TPSA) is 90.4 Å². The van der Waals surface area contributed by atoms with Crippen LogP contribution >= 0.6 is 0 Å². The van der Waals surface area contributed by atoms with E-state index in [4.69, 9.17) is 14.2 Å². The van der Waals surface area contributed by atoms with Crippen molar-refractivity contribution in [3.8, 4) is 22.3 Å². The van der Waals surface area contributed by atoms with Crippen LogP contribution in [0, 0.1) is 19.3 Å². The van der Waals surface area contributed by atoms with Crippen molar-refractivity contribution in [1.29, 1.82) is 0 Å². The van der Waals surface area contributed by atoms with Crippen LogP contribution in [0.2, 0.25) is 0 Å². The van der Waals surface area contributed by atoms with E-state index in [1.54, 1.807) is 18.2 Å². The van der Waals surface area contributed by atoms with Crippen molar-refractivity contribution in [2.75, 3.05) is 13.2 Å². The van der Waals surface area contributed by atoms with Gasteiger partial charge >= 0.3 is 5.97 Å². The van der Waals surface area contributed by atoms with Gasteiger partial charge in [-0.25, -0.2) is 9.78 Å². The van der Waals surface area contributed by atoms with Crippen molar-refractivity contribution >= 4 is 17.0 Å². The summed E-state index contributed by atoms with van der Waals surface area (Å²) >= 11 is 0. The van der Waals surface area contributed by atoms with Gasteiger partial charge in [-0.05, 0) is 37.6 Å². The Balaban J connectivity index is 1.71. The minimum atomic E-state index is -0.945. The van der Waals surface area contributed by atoms with Crippen LogP contribution in [-0.2, 0) is 11.3 Å². The van der Waals surface area contributed by atoms with E-state index >= 15 is 0 Å². The summed E-state index contributed by atoms with van der Waals surface area (Å²) in [6.45, 7) is 8.21. The number of rotatable bonds is 5. The van der Waals surface area contributed by atoms with Crippen molar-refractivity contribution in [2.45, 2.75) is 27.3 Å². The average Bonchev–Trinajstić information content (AvgIpc) is 3.26. The van der Waals surface area contributed by atoms with Gasteiger partial charge in [-0.2, -0.15) is 0 Å². The Morgan fingerprint density at radius 2 is 2.03 bits per heavy atom. The third-order valence-corrected chi connectivity index (χ3v) is 5.91. The van der Waals surface area contributed by atoms with Crippen LogP contribution in [0.15, 0.2) is 47.2 Å². The molecule has 0 unspecified atom stereocenters. The number of nitrogens with zero attached hydrogens (tertiary/aromatic N) is 3. The van der Waals surface area contributed by atoms with E-state index in [-0.39, 0.29) is 11.0 Å². The number of aryl methyl sites for hydroxylation is 2. The first-order chi connectivity index (χ1) is 14.8. The fraction of sp³-hybridized carbons (Fsp3) is 0.292. The summed E-state index contributed by atoms with van der Waals surface area (Å²) < 4.78 is 12.9. The molecule has 1 aromatic carbocycles. The maximum absolute atomic E-state index is 11.5. The van der Waals surface area contributed by atoms with Crippen molar-refractivity contribution in [1.82, 2.24) is 14.7 Å². The molecule has 1 N–H and O–H groups in total. The van der Waals surface area contributed by atoms with Crippen molar-refractivity contribution < 1.29 is 19.2 Å². The van der Waals surface area contributed by atoms with Gasteiger partial charge in [-0.15, -0.1) is 0 Å². The molecular formula is C24H23N3O4. The molecule has 0 atom stereocenters. The van der Waals surface area contributed by atoms with E-state index in [9.17, 15) is 9.90 Å². The molecule has 0 aliphatic carbocycles. The summed E-state index contributed by atoms with van der Waals surface area (Å²) in [4.78, 5) is 16.3. The number of fused-ring (bicyclic) bond motifs is 1. The molecule has 3 aromatic heterocycles. The van der Waals surface area contributed by atoms with E-state index in [2.05, 4.69) is 28.9 Å². The van der Waals surface area contributed by atoms with Crippen LogP contribution in [0.25, 0.3) is 33.3 Å². The smallest absolute Gasteiger partial charge is 0.335 e. The number of hydrogen-bond donors (Lipinski definition) is 1. The zero-order valence-corrected chi connectivity index (χ0v) is 17.7. The standard InChI is InChI=1S/C24H23N3O4/c1-14-21(15(2)31-26-14)18-8-19-20(16-5-4-6-17(7-16)23(28)29)10-27(22(19)25-9-18)11-24(3)12-30-13-24/h4-10H,11-13H2,1-3H3,(H,28,29). The molecular weight excluding hydrogens is 394 g/mol. The monoisotopic (exact) mass is 417 g/mol. The maximum Gasteiger partial charge on any atom is 0.335 e. The first-order valence-electron chi connectivity index (χ1n) is 10.2. The zero-order valence-electron chi connectivity index (χ0n) is 17.7. The molecule has 0 saturated carbocycles. The molecule has 0 amide bonds. The number of ether oxygens (including phenoxy) is 1. The summed E-state index contributed by atoms with van der Waals surface area (Å²) in [5.41, 5.74) is 5.65. The van der Waals surface area contributed by atoms with E-state index in [0.29, 0.717) is 13.2 Å². The summed E-state index contributed by atoms with van der Waals surface area (Å²) in [5.74, 6) is -0.203. The highest BCUT2D eigenvalue weighted by atomic mass is 16.5. The molecule has 4 aromatic rings. The number of hydrogen-bond acceptors (Lipinski definition) is 5. The molecule has 31 heavy (non-hydrogen) atoms. The van der Waals surface area contributed by atoms with Crippen molar-refractivity contribution in [3.63, 3.8) is 0 Å². The predicted octanol–water partition coefficient (Wildman–Crippen LogP) is 4.71. The summed E-state index contributed by atoms with van der Waals surface area (Å²) in [6.07, 6.45) is 3.92. The second-order valence-electron chi connectivity index (χ2n) is 8.65. The van der Waals surface area contributed by atoms with E-state index in [1.165, 1.54) is 0 Å². The maximum atomic E-state index is 11.5. The lowest BCUT2D eigenvalue weighted by Gasteiger charge is -2.38. The minimum absolute atomic E-state index is 0.0636. The molecule has 1 saturated heterocycles. The van der Waals surface area contributed by atoms with Gasteiger partial charge in [0.25, 0.3) is 0 Å². The second-order valence-corrected chi connectivity index (χ2v) is 8.65. The van der Waals surface area contributed by atoms with Gasteiger partial charge in [0.05, 0.1) is 24.5 Å². The van der Waals surface area contributed by atoms with Gasteiger partial charge in [-0.1, -0.05) is 24.2 Å². The average molecular weight is 417 g/mol.